The summed E-state index contributed by atoms with van der Waals surface area (Å²) in [7, 11) is 0. The summed E-state index contributed by atoms with van der Waals surface area (Å²) < 4.78 is 0. The van der Waals surface area contributed by atoms with Gasteiger partial charge in [-0.15, -0.1) is 10.2 Å². The fourth-order valence-electron chi connectivity index (χ4n) is 4.89. The highest BCUT2D eigenvalue weighted by molar-refractivity contribution is 5.44. The van der Waals surface area contributed by atoms with Crippen LogP contribution in [0.25, 0.3) is 0 Å². The average Bonchev–Trinajstić information content (AvgIpc) is 2.95. The first-order valence-corrected chi connectivity index (χ1v) is 13.2. The minimum absolute atomic E-state index is 0.0252. The van der Waals surface area contributed by atoms with Crippen molar-refractivity contribution in [3.8, 4) is 0 Å². The molecule has 0 bridgehead atoms. The number of benzene rings is 2. The Hall–Kier alpha value is -4.04. The van der Waals surface area contributed by atoms with Crippen LogP contribution in [0.5, 0.6) is 0 Å². The highest BCUT2D eigenvalue weighted by Gasteiger charge is 2.31. The van der Waals surface area contributed by atoms with E-state index in [1.54, 1.807) is 24.3 Å². The molecule has 208 valence electrons. The van der Waals surface area contributed by atoms with E-state index in [9.17, 15) is 20.2 Å². The van der Waals surface area contributed by atoms with E-state index in [2.05, 4.69) is 44.3 Å². The largest absolute Gasteiger partial charge is 0.269 e. The van der Waals surface area contributed by atoms with Gasteiger partial charge in [-0.25, -0.2) is 0 Å². The van der Waals surface area contributed by atoms with Gasteiger partial charge in [0.05, 0.1) is 41.2 Å². The molecule has 0 aliphatic carbocycles. The van der Waals surface area contributed by atoms with Gasteiger partial charge in [0, 0.05) is 49.4 Å². The van der Waals surface area contributed by atoms with Gasteiger partial charge in [-0.1, -0.05) is 24.3 Å². The summed E-state index contributed by atoms with van der Waals surface area (Å²) in [6.45, 7) is 7.99. The lowest BCUT2D eigenvalue weighted by Crippen LogP contribution is -2.57. The lowest BCUT2D eigenvalue weighted by Gasteiger charge is -2.46. The molecule has 0 amide bonds. The van der Waals surface area contributed by atoms with Crippen LogP contribution in [-0.2, 0) is 0 Å². The molecule has 2 aromatic carbocycles. The van der Waals surface area contributed by atoms with Gasteiger partial charge in [0.25, 0.3) is 11.4 Å². The minimum atomic E-state index is -0.434. The van der Waals surface area contributed by atoms with E-state index in [-0.39, 0.29) is 11.4 Å². The number of hydrogen-bond donors (Lipinski definition) is 0. The van der Waals surface area contributed by atoms with E-state index < -0.39 is 9.85 Å². The Morgan fingerprint density at radius 3 is 1.44 bits per heavy atom. The first-order valence-electron chi connectivity index (χ1n) is 13.2. The van der Waals surface area contributed by atoms with Gasteiger partial charge in [0.2, 0.25) is 0 Å². The molecule has 2 unspecified atom stereocenters. The fraction of sp³-hybridized carbons (Fsp3) is 0.520. The molecular weight excluding hydrogens is 504 g/mol. The average molecular weight is 539 g/mol. The van der Waals surface area contributed by atoms with Crippen LogP contribution in [0.3, 0.4) is 0 Å². The molecule has 0 radical (unpaired) electrons. The Bertz CT molecular complexity index is 1080. The van der Waals surface area contributed by atoms with Crippen LogP contribution >= 0.6 is 0 Å². The second kappa shape index (κ2) is 13.2. The highest BCUT2D eigenvalue weighted by atomic mass is 16.6. The third-order valence-electron chi connectivity index (χ3n) is 7.16. The standard InChI is InChI=1S/C25H34N10O4/c1-3-22-13-15-32(28-26-20-5-9-24(10-6-20)34(36)37)18-30(22)17-31-19-33(16-14-23(31)4-2)29-27-21-7-11-25(12-8-21)35(38)39/h5-12,22-23H,3-4,13-19H2,1-2H3. The van der Waals surface area contributed by atoms with Crippen LogP contribution in [0.15, 0.2) is 69.2 Å². The number of nitro groups is 2. The van der Waals surface area contributed by atoms with Crippen molar-refractivity contribution in [1.29, 1.82) is 0 Å². The normalized spacial score (nSPS) is 21.2. The maximum atomic E-state index is 10.9. The van der Waals surface area contributed by atoms with Gasteiger partial charge in [0.15, 0.2) is 0 Å². The van der Waals surface area contributed by atoms with E-state index in [1.165, 1.54) is 24.3 Å². The number of nitrogens with zero attached hydrogens (tertiary/aromatic N) is 10. The maximum Gasteiger partial charge on any atom is 0.269 e. The van der Waals surface area contributed by atoms with Gasteiger partial charge in [-0.3, -0.25) is 40.0 Å². The lowest BCUT2D eigenvalue weighted by molar-refractivity contribution is -0.385. The number of hydrogen-bond acceptors (Lipinski definition) is 10. The van der Waals surface area contributed by atoms with Crippen molar-refractivity contribution in [1.82, 2.24) is 19.8 Å². The predicted octanol–water partition coefficient (Wildman–Crippen LogP) is 5.65. The summed E-state index contributed by atoms with van der Waals surface area (Å²) in [6, 6.07) is 12.9. The topological polar surface area (TPSA) is 149 Å². The number of rotatable bonds is 10. The van der Waals surface area contributed by atoms with Gasteiger partial charge < -0.3 is 0 Å². The van der Waals surface area contributed by atoms with Crippen molar-refractivity contribution < 1.29 is 9.85 Å². The number of nitro benzene ring substituents is 2. The van der Waals surface area contributed by atoms with Crippen molar-refractivity contribution >= 4 is 22.7 Å². The summed E-state index contributed by atoms with van der Waals surface area (Å²) in [4.78, 5) is 25.7. The molecule has 0 spiro atoms. The molecule has 14 nitrogen and oxygen atoms in total. The van der Waals surface area contributed by atoms with E-state index in [0.717, 1.165) is 45.4 Å². The van der Waals surface area contributed by atoms with Gasteiger partial charge in [0.1, 0.15) is 0 Å². The van der Waals surface area contributed by atoms with Crippen molar-refractivity contribution in [2.45, 2.75) is 51.6 Å². The van der Waals surface area contributed by atoms with Crippen molar-refractivity contribution in [3.05, 3.63) is 68.8 Å². The molecule has 2 saturated heterocycles. The maximum absolute atomic E-state index is 10.9. The summed E-state index contributed by atoms with van der Waals surface area (Å²) in [5.41, 5.74) is 1.19. The molecule has 2 aromatic rings. The first kappa shape index (κ1) is 28.0. The van der Waals surface area contributed by atoms with E-state index in [0.29, 0.717) is 36.8 Å². The Balaban J connectivity index is 1.38. The third kappa shape index (κ3) is 7.51. The van der Waals surface area contributed by atoms with E-state index in [1.807, 2.05) is 10.0 Å². The summed E-state index contributed by atoms with van der Waals surface area (Å²) in [5, 5.41) is 43.0. The SMILES string of the molecule is CCC1CCN(N=Nc2ccc([N+](=O)[O-])cc2)CN1CN1CN(N=Nc2ccc([N+](=O)[O-])cc2)CCC1CC. The Labute approximate surface area is 226 Å². The smallest absolute Gasteiger partial charge is 0.268 e. The van der Waals surface area contributed by atoms with Gasteiger partial charge in [-0.2, -0.15) is 0 Å². The molecule has 0 aromatic heterocycles. The van der Waals surface area contributed by atoms with Crippen LogP contribution in [-0.4, -0.2) is 74.8 Å². The summed E-state index contributed by atoms with van der Waals surface area (Å²) >= 11 is 0. The first-order chi connectivity index (χ1) is 18.9. The van der Waals surface area contributed by atoms with Crippen molar-refractivity contribution in [3.63, 3.8) is 0 Å². The van der Waals surface area contributed by atoms with Crippen LogP contribution in [0.4, 0.5) is 22.7 Å². The van der Waals surface area contributed by atoms with Gasteiger partial charge >= 0.3 is 0 Å². The molecule has 2 fully saturated rings. The Morgan fingerprint density at radius 2 is 1.10 bits per heavy atom. The Morgan fingerprint density at radius 1 is 0.718 bits per heavy atom. The summed E-state index contributed by atoms with van der Waals surface area (Å²) in [6.07, 6.45) is 3.98. The summed E-state index contributed by atoms with van der Waals surface area (Å²) in [5.74, 6) is 0. The Kier molecular flexibility index (Phi) is 9.44. The second-order valence-corrected chi connectivity index (χ2v) is 9.69. The molecule has 0 saturated carbocycles. The zero-order valence-electron chi connectivity index (χ0n) is 22.2. The fourth-order valence-corrected chi connectivity index (χ4v) is 4.89. The van der Waals surface area contributed by atoms with Gasteiger partial charge in [-0.05, 0) is 49.9 Å². The molecule has 4 rings (SSSR count). The van der Waals surface area contributed by atoms with Crippen LogP contribution in [0, 0.1) is 20.2 Å². The molecule has 0 N–H and O–H groups in total. The molecule has 2 atom stereocenters. The molecule has 14 heteroatoms. The van der Waals surface area contributed by atoms with E-state index >= 15 is 0 Å². The van der Waals surface area contributed by atoms with E-state index in [4.69, 9.17) is 0 Å². The van der Waals surface area contributed by atoms with Crippen LogP contribution < -0.4 is 0 Å². The minimum Gasteiger partial charge on any atom is -0.268 e. The monoisotopic (exact) mass is 538 g/mol. The molecule has 39 heavy (non-hydrogen) atoms. The molecule has 2 aliphatic heterocycles. The highest BCUT2D eigenvalue weighted by Crippen LogP contribution is 2.25. The molecule has 2 aliphatic rings. The van der Waals surface area contributed by atoms with Crippen molar-refractivity contribution in [2.24, 2.45) is 20.7 Å². The quantitative estimate of drug-likeness (QED) is 0.214. The molecular formula is C25H34N10O4. The second-order valence-electron chi connectivity index (χ2n) is 9.69. The third-order valence-corrected chi connectivity index (χ3v) is 7.16. The van der Waals surface area contributed by atoms with Crippen LogP contribution in [0.2, 0.25) is 0 Å². The number of non-ortho nitro benzene ring substituents is 2. The zero-order valence-corrected chi connectivity index (χ0v) is 22.2. The predicted molar refractivity (Wildman–Crippen MR) is 144 cm³/mol. The van der Waals surface area contributed by atoms with Crippen molar-refractivity contribution in [2.75, 3.05) is 33.1 Å². The molecule has 2 heterocycles. The zero-order chi connectivity index (χ0) is 27.8. The van der Waals surface area contributed by atoms with Crippen LogP contribution in [0.1, 0.15) is 39.5 Å². The lowest BCUT2D eigenvalue weighted by atomic mass is 10.1.